The third kappa shape index (κ3) is 3.30. The largest absolute Gasteiger partial charge is 0.308 e. The number of nitrogens with zero attached hydrogens (tertiary/aromatic N) is 2. The van der Waals surface area contributed by atoms with Gasteiger partial charge in [-0.3, -0.25) is 4.98 Å². The number of hydrogen-bond acceptors (Lipinski definition) is 3. The summed E-state index contributed by atoms with van der Waals surface area (Å²) in [4.78, 5) is 6.58. The van der Waals surface area contributed by atoms with E-state index < -0.39 is 0 Å². The van der Waals surface area contributed by atoms with E-state index in [1.807, 2.05) is 18.5 Å². The molecule has 3 nitrogen and oxygen atoms in total. The van der Waals surface area contributed by atoms with Gasteiger partial charge in [-0.05, 0) is 52.0 Å². The van der Waals surface area contributed by atoms with E-state index in [1.54, 1.807) is 0 Å². The van der Waals surface area contributed by atoms with Gasteiger partial charge < -0.3 is 10.2 Å². The first-order valence-electron chi connectivity index (χ1n) is 6.87. The summed E-state index contributed by atoms with van der Waals surface area (Å²) in [5, 5.41) is 3.68. The van der Waals surface area contributed by atoms with E-state index in [1.165, 1.54) is 5.56 Å². The van der Waals surface area contributed by atoms with Gasteiger partial charge in [-0.25, -0.2) is 0 Å². The van der Waals surface area contributed by atoms with Crippen molar-refractivity contribution < 1.29 is 0 Å². The highest BCUT2D eigenvalue weighted by Crippen LogP contribution is 2.32. The predicted octanol–water partition coefficient (Wildman–Crippen LogP) is 2.85. The topological polar surface area (TPSA) is 28.2 Å². The van der Waals surface area contributed by atoms with Crippen molar-refractivity contribution in [2.45, 2.75) is 45.2 Å². The van der Waals surface area contributed by atoms with E-state index in [2.05, 4.69) is 56.1 Å². The van der Waals surface area contributed by atoms with Gasteiger partial charge in [0.1, 0.15) is 0 Å². The van der Waals surface area contributed by atoms with Crippen molar-refractivity contribution in [1.82, 2.24) is 15.2 Å². The number of likely N-dealkylation sites (N-methyl/N-ethyl adjacent to an activating group) is 1. The first-order chi connectivity index (χ1) is 8.56. The Morgan fingerprint density at radius 3 is 2.56 bits per heavy atom. The second-order valence-corrected chi connectivity index (χ2v) is 5.28. The van der Waals surface area contributed by atoms with Crippen LogP contribution >= 0.6 is 0 Å². The Morgan fingerprint density at radius 1 is 1.39 bits per heavy atom. The molecule has 3 heteroatoms. The van der Waals surface area contributed by atoms with E-state index >= 15 is 0 Å². The van der Waals surface area contributed by atoms with Crippen molar-refractivity contribution in [1.29, 1.82) is 0 Å². The minimum atomic E-state index is 0.0954. The molecule has 0 saturated heterocycles. The van der Waals surface area contributed by atoms with Crippen LogP contribution in [0, 0.1) is 0 Å². The highest BCUT2D eigenvalue weighted by Gasteiger charge is 2.35. The van der Waals surface area contributed by atoms with Gasteiger partial charge in [-0.2, -0.15) is 0 Å². The minimum absolute atomic E-state index is 0.0954. The van der Waals surface area contributed by atoms with Crippen molar-refractivity contribution in [3.05, 3.63) is 30.1 Å². The van der Waals surface area contributed by atoms with Crippen molar-refractivity contribution in [3.63, 3.8) is 0 Å². The van der Waals surface area contributed by atoms with Gasteiger partial charge in [0.2, 0.25) is 0 Å². The van der Waals surface area contributed by atoms with Gasteiger partial charge in [0.05, 0.1) is 6.04 Å². The van der Waals surface area contributed by atoms with Crippen LogP contribution in [0.4, 0.5) is 0 Å². The summed E-state index contributed by atoms with van der Waals surface area (Å²) >= 11 is 0. The van der Waals surface area contributed by atoms with Crippen LogP contribution in [0.2, 0.25) is 0 Å². The fourth-order valence-electron chi connectivity index (χ4n) is 2.31. The van der Waals surface area contributed by atoms with E-state index in [9.17, 15) is 0 Å². The Bertz CT molecular complexity index is 337. The molecule has 1 aromatic rings. The lowest BCUT2D eigenvalue weighted by molar-refractivity contribution is 0.112. The molecule has 0 amide bonds. The highest BCUT2D eigenvalue weighted by molar-refractivity contribution is 5.19. The van der Waals surface area contributed by atoms with Crippen molar-refractivity contribution in [2.75, 3.05) is 20.6 Å². The van der Waals surface area contributed by atoms with E-state index in [4.69, 9.17) is 0 Å². The SMILES string of the molecule is CCCNC(c1cccnc1)C(C)(CC)N(C)C. The van der Waals surface area contributed by atoms with Crippen LogP contribution in [0.3, 0.4) is 0 Å². The van der Waals surface area contributed by atoms with Crippen molar-refractivity contribution in [3.8, 4) is 0 Å². The number of aromatic nitrogens is 1. The van der Waals surface area contributed by atoms with E-state index in [0.29, 0.717) is 6.04 Å². The summed E-state index contributed by atoms with van der Waals surface area (Å²) in [7, 11) is 4.31. The summed E-state index contributed by atoms with van der Waals surface area (Å²) in [5.41, 5.74) is 1.36. The second kappa shape index (κ2) is 6.86. The first kappa shape index (κ1) is 15.1. The number of nitrogens with one attached hydrogen (secondary N) is 1. The zero-order chi connectivity index (χ0) is 13.6. The molecule has 0 aromatic carbocycles. The zero-order valence-corrected chi connectivity index (χ0v) is 12.4. The van der Waals surface area contributed by atoms with Crippen LogP contribution in [0.15, 0.2) is 24.5 Å². The van der Waals surface area contributed by atoms with Gasteiger partial charge in [0, 0.05) is 17.9 Å². The quantitative estimate of drug-likeness (QED) is 0.805. The number of hydrogen-bond donors (Lipinski definition) is 1. The van der Waals surface area contributed by atoms with Crippen molar-refractivity contribution >= 4 is 0 Å². The predicted molar refractivity (Wildman–Crippen MR) is 77.7 cm³/mol. The molecule has 2 atom stereocenters. The molecule has 1 rings (SSSR count). The molecule has 0 radical (unpaired) electrons. The summed E-state index contributed by atoms with van der Waals surface area (Å²) in [6.07, 6.45) is 6.05. The molecule has 0 bridgehead atoms. The standard InChI is InChI=1S/C15H27N3/c1-6-10-17-14(13-9-8-11-16-12-13)15(3,7-2)18(4)5/h8-9,11-12,14,17H,6-7,10H2,1-5H3. The summed E-state index contributed by atoms with van der Waals surface area (Å²) < 4.78 is 0. The van der Waals surface area contributed by atoms with Gasteiger partial charge >= 0.3 is 0 Å². The highest BCUT2D eigenvalue weighted by atomic mass is 15.2. The van der Waals surface area contributed by atoms with E-state index in [-0.39, 0.29) is 5.54 Å². The Morgan fingerprint density at radius 2 is 2.11 bits per heavy atom. The van der Waals surface area contributed by atoms with Crippen molar-refractivity contribution in [2.24, 2.45) is 0 Å². The third-order valence-corrected chi connectivity index (χ3v) is 3.98. The van der Waals surface area contributed by atoms with Crippen LogP contribution in [0.1, 0.15) is 45.2 Å². The van der Waals surface area contributed by atoms with E-state index in [0.717, 1.165) is 19.4 Å². The lowest BCUT2D eigenvalue weighted by atomic mass is 9.84. The van der Waals surface area contributed by atoms with Crippen LogP contribution in [-0.2, 0) is 0 Å². The molecule has 1 N–H and O–H groups in total. The molecule has 102 valence electrons. The Kier molecular flexibility index (Phi) is 5.76. The fraction of sp³-hybridized carbons (Fsp3) is 0.667. The van der Waals surface area contributed by atoms with Crippen LogP contribution in [0.25, 0.3) is 0 Å². The average Bonchev–Trinajstić information content (AvgIpc) is 2.39. The lowest BCUT2D eigenvalue weighted by Gasteiger charge is -2.43. The molecule has 0 fully saturated rings. The molecule has 0 aliphatic carbocycles. The van der Waals surface area contributed by atoms with Crippen LogP contribution in [0.5, 0.6) is 0 Å². The van der Waals surface area contributed by atoms with Gasteiger partial charge in [-0.1, -0.05) is 19.9 Å². The average molecular weight is 249 g/mol. The van der Waals surface area contributed by atoms with Gasteiger partial charge in [0.25, 0.3) is 0 Å². The molecule has 1 aromatic heterocycles. The molecular formula is C15H27N3. The number of rotatable bonds is 7. The molecule has 0 aliphatic rings. The van der Waals surface area contributed by atoms with Gasteiger partial charge in [-0.15, -0.1) is 0 Å². The Balaban J connectivity index is 3.04. The number of pyridine rings is 1. The molecule has 0 aliphatic heterocycles. The fourth-order valence-corrected chi connectivity index (χ4v) is 2.31. The maximum absolute atomic E-state index is 4.26. The zero-order valence-electron chi connectivity index (χ0n) is 12.4. The molecular weight excluding hydrogens is 222 g/mol. The molecule has 1 heterocycles. The minimum Gasteiger partial charge on any atom is -0.308 e. The first-order valence-corrected chi connectivity index (χ1v) is 6.87. The monoisotopic (exact) mass is 249 g/mol. The lowest BCUT2D eigenvalue weighted by Crippen LogP contribution is -2.51. The molecule has 0 saturated carbocycles. The Hall–Kier alpha value is -0.930. The second-order valence-electron chi connectivity index (χ2n) is 5.28. The maximum atomic E-state index is 4.26. The summed E-state index contributed by atoms with van der Waals surface area (Å²) in [6.45, 7) is 7.79. The Labute approximate surface area is 112 Å². The van der Waals surface area contributed by atoms with Crippen LogP contribution < -0.4 is 5.32 Å². The van der Waals surface area contributed by atoms with Gasteiger partial charge in [0.15, 0.2) is 0 Å². The molecule has 2 unspecified atom stereocenters. The third-order valence-electron chi connectivity index (χ3n) is 3.98. The molecule has 18 heavy (non-hydrogen) atoms. The summed E-state index contributed by atoms with van der Waals surface area (Å²) in [5.74, 6) is 0. The summed E-state index contributed by atoms with van der Waals surface area (Å²) in [6, 6.07) is 4.49. The molecule has 0 spiro atoms. The normalized spacial score (nSPS) is 16.6. The smallest absolute Gasteiger partial charge is 0.0519 e. The maximum Gasteiger partial charge on any atom is 0.0519 e. The van der Waals surface area contributed by atoms with Crippen LogP contribution in [-0.4, -0.2) is 36.1 Å².